The lowest BCUT2D eigenvalue weighted by Crippen LogP contribution is -2.44. The molecule has 100 valence electrons. The second-order valence-electron chi connectivity index (χ2n) is 5.35. The molecule has 6 heteroatoms. The Morgan fingerprint density at radius 3 is 2.44 bits per heavy atom. The number of aliphatic hydroxyl groups is 1. The van der Waals surface area contributed by atoms with Gasteiger partial charge in [0.1, 0.15) is 0 Å². The van der Waals surface area contributed by atoms with E-state index in [9.17, 15) is 9.90 Å². The maximum Gasteiger partial charge on any atom is 0.311 e. The van der Waals surface area contributed by atoms with E-state index in [1.54, 1.807) is 11.8 Å². The van der Waals surface area contributed by atoms with Gasteiger partial charge in [-0.3, -0.25) is 4.79 Å². The van der Waals surface area contributed by atoms with Crippen LogP contribution in [-0.2, 0) is 0 Å². The van der Waals surface area contributed by atoms with Gasteiger partial charge in [0.2, 0.25) is 5.89 Å². The van der Waals surface area contributed by atoms with Gasteiger partial charge in [-0.1, -0.05) is 0 Å². The third kappa shape index (κ3) is 2.69. The van der Waals surface area contributed by atoms with Crippen LogP contribution in [0.1, 0.15) is 43.3 Å². The summed E-state index contributed by atoms with van der Waals surface area (Å²) in [6.45, 7) is 6.53. The number of aromatic nitrogens is 2. The second kappa shape index (κ2) is 4.68. The van der Waals surface area contributed by atoms with Gasteiger partial charge in [-0.2, -0.15) is 0 Å². The quantitative estimate of drug-likeness (QED) is 0.850. The SMILES string of the molecule is Cc1nnc(C(=O)N2CCC(C(C)(C)O)CC2)o1. The number of nitrogens with zero attached hydrogens (tertiary/aromatic N) is 3. The van der Waals surface area contributed by atoms with Crippen molar-refractivity contribution in [2.24, 2.45) is 5.92 Å². The van der Waals surface area contributed by atoms with Crippen molar-refractivity contribution in [2.75, 3.05) is 13.1 Å². The molecule has 0 radical (unpaired) electrons. The van der Waals surface area contributed by atoms with Crippen LogP contribution in [0.2, 0.25) is 0 Å². The second-order valence-corrected chi connectivity index (χ2v) is 5.35. The van der Waals surface area contributed by atoms with Crippen LogP contribution in [0, 0.1) is 12.8 Å². The number of amides is 1. The summed E-state index contributed by atoms with van der Waals surface area (Å²) >= 11 is 0. The topological polar surface area (TPSA) is 79.5 Å². The van der Waals surface area contributed by atoms with Gasteiger partial charge < -0.3 is 14.4 Å². The van der Waals surface area contributed by atoms with E-state index in [4.69, 9.17) is 4.42 Å². The first-order valence-electron chi connectivity index (χ1n) is 6.19. The van der Waals surface area contributed by atoms with E-state index in [0.29, 0.717) is 19.0 Å². The summed E-state index contributed by atoms with van der Waals surface area (Å²) in [6.07, 6.45) is 1.59. The molecule has 0 spiro atoms. The highest BCUT2D eigenvalue weighted by Gasteiger charge is 2.33. The Morgan fingerprint density at radius 2 is 2.00 bits per heavy atom. The van der Waals surface area contributed by atoms with E-state index in [1.165, 1.54) is 0 Å². The number of rotatable bonds is 2. The molecule has 1 aliphatic heterocycles. The Kier molecular flexibility index (Phi) is 3.38. The Balaban J connectivity index is 1.96. The minimum atomic E-state index is -0.684. The van der Waals surface area contributed by atoms with Gasteiger partial charge >= 0.3 is 11.8 Å². The molecule has 0 unspecified atom stereocenters. The van der Waals surface area contributed by atoms with Gasteiger partial charge in [-0.25, -0.2) is 0 Å². The highest BCUT2D eigenvalue weighted by atomic mass is 16.4. The Bertz CT molecular complexity index is 428. The fraction of sp³-hybridized carbons (Fsp3) is 0.750. The van der Waals surface area contributed by atoms with E-state index in [-0.39, 0.29) is 17.7 Å². The molecule has 1 aliphatic rings. The van der Waals surface area contributed by atoms with Crippen molar-refractivity contribution in [2.45, 2.75) is 39.2 Å². The van der Waals surface area contributed by atoms with Crippen LogP contribution < -0.4 is 0 Å². The lowest BCUT2D eigenvalue weighted by Gasteiger charge is -2.37. The van der Waals surface area contributed by atoms with Crippen LogP contribution in [-0.4, -0.2) is 44.8 Å². The average Bonchev–Trinajstić information content (AvgIpc) is 2.74. The minimum Gasteiger partial charge on any atom is -0.417 e. The standard InChI is InChI=1S/C12H19N3O3/c1-8-13-14-10(18-8)11(16)15-6-4-9(5-7-15)12(2,3)17/h9,17H,4-7H2,1-3H3. The normalized spacial score (nSPS) is 18.1. The van der Waals surface area contributed by atoms with Crippen molar-refractivity contribution in [1.29, 1.82) is 0 Å². The zero-order valence-electron chi connectivity index (χ0n) is 11.0. The summed E-state index contributed by atoms with van der Waals surface area (Å²) < 4.78 is 5.13. The zero-order chi connectivity index (χ0) is 13.3. The number of aryl methyl sites for hydroxylation is 1. The third-order valence-corrected chi connectivity index (χ3v) is 3.49. The van der Waals surface area contributed by atoms with E-state index >= 15 is 0 Å². The maximum absolute atomic E-state index is 12.0. The first-order chi connectivity index (χ1) is 8.38. The molecule has 1 saturated heterocycles. The van der Waals surface area contributed by atoms with Crippen molar-refractivity contribution in [1.82, 2.24) is 15.1 Å². The molecule has 1 N–H and O–H groups in total. The molecule has 1 fully saturated rings. The predicted octanol–water partition coefficient (Wildman–Crippen LogP) is 1.00. The van der Waals surface area contributed by atoms with Crippen LogP contribution in [0.5, 0.6) is 0 Å². The molecule has 18 heavy (non-hydrogen) atoms. The Labute approximate surface area is 106 Å². The van der Waals surface area contributed by atoms with Crippen LogP contribution in [0.3, 0.4) is 0 Å². The van der Waals surface area contributed by atoms with Crippen molar-refractivity contribution in [3.05, 3.63) is 11.8 Å². The largest absolute Gasteiger partial charge is 0.417 e. The lowest BCUT2D eigenvalue weighted by atomic mass is 9.83. The van der Waals surface area contributed by atoms with Crippen molar-refractivity contribution in [3.63, 3.8) is 0 Å². The molecule has 0 atom stereocenters. The number of carbonyl (C=O) groups excluding carboxylic acids is 1. The van der Waals surface area contributed by atoms with E-state index in [1.807, 2.05) is 13.8 Å². The summed E-state index contributed by atoms with van der Waals surface area (Å²) in [6, 6.07) is 0. The summed E-state index contributed by atoms with van der Waals surface area (Å²) in [4.78, 5) is 13.7. The molecule has 1 aromatic heterocycles. The zero-order valence-corrected chi connectivity index (χ0v) is 11.0. The predicted molar refractivity (Wildman–Crippen MR) is 64.0 cm³/mol. The van der Waals surface area contributed by atoms with Crippen LogP contribution in [0.15, 0.2) is 4.42 Å². The smallest absolute Gasteiger partial charge is 0.311 e. The van der Waals surface area contributed by atoms with Crippen LogP contribution >= 0.6 is 0 Å². The van der Waals surface area contributed by atoms with Gasteiger partial charge in [0.25, 0.3) is 0 Å². The minimum absolute atomic E-state index is 0.0502. The van der Waals surface area contributed by atoms with Crippen LogP contribution in [0.25, 0.3) is 0 Å². The summed E-state index contributed by atoms with van der Waals surface area (Å²) in [5, 5.41) is 17.3. The molecule has 2 heterocycles. The first kappa shape index (κ1) is 13.0. The molecular weight excluding hydrogens is 234 g/mol. The Morgan fingerprint density at radius 1 is 1.39 bits per heavy atom. The maximum atomic E-state index is 12.0. The fourth-order valence-electron chi connectivity index (χ4n) is 2.31. The van der Waals surface area contributed by atoms with Crippen LogP contribution in [0.4, 0.5) is 0 Å². The van der Waals surface area contributed by atoms with Crippen molar-refractivity contribution >= 4 is 5.91 Å². The molecule has 0 aromatic carbocycles. The monoisotopic (exact) mass is 253 g/mol. The highest BCUT2D eigenvalue weighted by Crippen LogP contribution is 2.28. The molecule has 0 saturated carbocycles. The molecule has 1 aromatic rings. The van der Waals surface area contributed by atoms with Gasteiger partial charge in [-0.15, -0.1) is 10.2 Å². The Hall–Kier alpha value is -1.43. The third-order valence-electron chi connectivity index (χ3n) is 3.49. The lowest BCUT2D eigenvalue weighted by molar-refractivity contribution is -0.0113. The van der Waals surface area contributed by atoms with E-state index < -0.39 is 5.60 Å². The van der Waals surface area contributed by atoms with E-state index in [2.05, 4.69) is 10.2 Å². The summed E-state index contributed by atoms with van der Waals surface area (Å²) in [7, 11) is 0. The van der Waals surface area contributed by atoms with Crippen molar-refractivity contribution < 1.29 is 14.3 Å². The first-order valence-corrected chi connectivity index (χ1v) is 6.19. The van der Waals surface area contributed by atoms with Gasteiger partial charge in [0.05, 0.1) is 5.60 Å². The number of hydrogen-bond donors (Lipinski definition) is 1. The van der Waals surface area contributed by atoms with Gasteiger partial charge in [0.15, 0.2) is 0 Å². The number of carbonyl (C=O) groups is 1. The molecule has 1 amide bonds. The molecule has 2 rings (SSSR count). The fourth-order valence-corrected chi connectivity index (χ4v) is 2.31. The summed E-state index contributed by atoms with van der Waals surface area (Å²) in [5.41, 5.74) is -0.684. The molecule has 0 bridgehead atoms. The number of hydrogen-bond acceptors (Lipinski definition) is 5. The molecule has 6 nitrogen and oxygen atoms in total. The van der Waals surface area contributed by atoms with Gasteiger partial charge in [-0.05, 0) is 32.6 Å². The highest BCUT2D eigenvalue weighted by molar-refractivity contribution is 5.89. The molecular formula is C12H19N3O3. The molecule has 0 aliphatic carbocycles. The van der Waals surface area contributed by atoms with Crippen molar-refractivity contribution in [3.8, 4) is 0 Å². The van der Waals surface area contributed by atoms with E-state index in [0.717, 1.165) is 12.8 Å². The summed E-state index contributed by atoms with van der Waals surface area (Å²) in [5.74, 6) is 0.453. The number of piperidine rings is 1. The number of likely N-dealkylation sites (tertiary alicyclic amines) is 1. The average molecular weight is 253 g/mol. The van der Waals surface area contributed by atoms with Gasteiger partial charge in [0, 0.05) is 20.0 Å².